The molecule has 0 fully saturated rings. The van der Waals surface area contributed by atoms with Crippen molar-refractivity contribution in [2.45, 2.75) is 26.7 Å². The van der Waals surface area contributed by atoms with Crippen LogP contribution in [0, 0.1) is 17.8 Å². The Balaban J connectivity index is 2.71. The normalized spacial score (nSPS) is 9.89. The largest absolute Gasteiger partial charge is 0.395 e. The van der Waals surface area contributed by atoms with Crippen molar-refractivity contribution in [2.24, 2.45) is 5.92 Å². The lowest BCUT2D eigenvalue weighted by atomic mass is 10.1. The molecule has 0 aliphatic heterocycles. The molecule has 0 bridgehead atoms. The first-order chi connectivity index (χ1) is 9.15. The first-order valence-corrected chi connectivity index (χ1v) is 6.47. The van der Waals surface area contributed by atoms with Crippen LogP contribution in [0.1, 0.15) is 42.6 Å². The van der Waals surface area contributed by atoms with Gasteiger partial charge in [-0.1, -0.05) is 25.7 Å². The number of pyridine rings is 1. The molecule has 0 atom stereocenters. The minimum Gasteiger partial charge on any atom is -0.395 e. The van der Waals surface area contributed by atoms with E-state index >= 15 is 0 Å². The van der Waals surface area contributed by atoms with E-state index in [4.69, 9.17) is 5.11 Å². The highest BCUT2D eigenvalue weighted by Gasteiger charge is 2.09. The van der Waals surface area contributed by atoms with E-state index < -0.39 is 0 Å². The van der Waals surface area contributed by atoms with E-state index in [9.17, 15) is 4.79 Å². The van der Waals surface area contributed by atoms with Crippen molar-refractivity contribution in [3.8, 4) is 11.8 Å². The van der Waals surface area contributed by atoms with Crippen molar-refractivity contribution >= 4 is 5.91 Å². The van der Waals surface area contributed by atoms with E-state index in [1.165, 1.54) is 0 Å². The second-order valence-corrected chi connectivity index (χ2v) is 4.64. The van der Waals surface area contributed by atoms with Gasteiger partial charge in [0.05, 0.1) is 17.7 Å². The summed E-state index contributed by atoms with van der Waals surface area (Å²) in [6.45, 7) is 4.90. The monoisotopic (exact) mass is 260 g/mol. The van der Waals surface area contributed by atoms with Gasteiger partial charge in [-0.25, -0.2) is 0 Å². The van der Waals surface area contributed by atoms with Crippen molar-refractivity contribution in [1.82, 2.24) is 10.3 Å². The second kappa shape index (κ2) is 8.28. The predicted octanol–water partition coefficient (Wildman–Crippen LogP) is 1.59. The summed E-state index contributed by atoms with van der Waals surface area (Å²) in [5.41, 5.74) is 1.13. The molecule has 1 rings (SSSR count). The van der Waals surface area contributed by atoms with Crippen molar-refractivity contribution < 1.29 is 9.90 Å². The van der Waals surface area contributed by atoms with Crippen LogP contribution < -0.4 is 5.32 Å². The first-order valence-electron chi connectivity index (χ1n) is 6.47. The van der Waals surface area contributed by atoms with Crippen LogP contribution in [0.3, 0.4) is 0 Å². The third-order valence-electron chi connectivity index (χ3n) is 2.53. The highest BCUT2D eigenvalue weighted by atomic mass is 16.2. The molecule has 4 heteroatoms. The van der Waals surface area contributed by atoms with Crippen molar-refractivity contribution in [3.63, 3.8) is 0 Å². The van der Waals surface area contributed by atoms with Gasteiger partial charge >= 0.3 is 0 Å². The number of aromatic nitrogens is 1. The summed E-state index contributed by atoms with van der Waals surface area (Å²) < 4.78 is 0. The van der Waals surface area contributed by atoms with Gasteiger partial charge in [-0.3, -0.25) is 9.78 Å². The zero-order valence-corrected chi connectivity index (χ0v) is 11.4. The van der Waals surface area contributed by atoms with Crippen molar-refractivity contribution in [1.29, 1.82) is 0 Å². The lowest BCUT2D eigenvalue weighted by Gasteiger charge is -2.08. The topological polar surface area (TPSA) is 62.2 Å². The molecule has 19 heavy (non-hydrogen) atoms. The fourth-order valence-electron chi connectivity index (χ4n) is 1.48. The summed E-state index contributed by atoms with van der Waals surface area (Å²) in [6.07, 6.45) is 4.49. The van der Waals surface area contributed by atoms with E-state index in [1.807, 2.05) is 0 Å². The molecule has 2 N–H and O–H groups in total. The van der Waals surface area contributed by atoms with Crippen LogP contribution in [0.5, 0.6) is 0 Å². The number of carbonyl (C=O) groups is 1. The Morgan fingerprint density at radius 3 is 3.00 bits per heavy atom. The van der Waals surface area contributed by atoms with Crippen LogP contribution in [0.4, 0.5) is 0 Å². The Labute approximate surface area is 114 Å². The van der Waals surface area contributed by atoms with E-state index in [0.29, 0.717) is 30.0 Å². The SMILES string of the molecule is CC(C)CCNC(=O)c1ccncc1C#CCCO. The van der Waals surface area contributed by atoms with Crippen molar-refractivity contribution in [3.05, 3.63) is 29.6 Å². The molecule has 0 saturated carbocycles. The molecule has 0 unspecified atom stereocenters. The Kier molecular flexibility index (Phi) is 6.62. The lowest BCUT2D eigenvalue weighted by molar-refractivity contribution is 0.0951. The van der Waals surface area contributed by atoms with Crippen molar-refractivity contribution in [2.75, 3.05) is 13.2 Å². The fraction of sp³-hybridized carbons (Fsp3) is 0.467. The minimum atomic E-state index is -0.128. The average molecular weight is 260 g/mol. The molecule has 0 aliphatic carbocycles. The van der Waals surface area contributed by atoms with Gasteiger partial charge in [0.2, 0.25) is 0 Å². The third-order valence-corrected chi connectivity index (χ3v) is 2.53. The molecule has 0 saturated heterocycles. The van der Waals surface area contributed by atoms with Gasteiger partial charge in [-0.2, -0.15) is 0 Å². The van der Waals surface area contributed by atoms with Gasteiger partial charge in [0.15, 0.2) is 0 Å². The molecule has 0 spiro atoms. The Bertz CT molecular complexity index is 473. The number of carbonyl (C=O) groups excluding carboxylic acids is 1. The maximum Gasteiger partial charge on any atom is 0.252 e. The van der Waals surface area contributed by atoms with Crippen LogP contribution in [0.15, 0.2) is 18.5 Å². The highest BCUT2D eigenvalue weighted by molar-refractivity contribution is 5.96. The molecule has 1 amide bonds. The van der Waals surface area contributed by atoms with E-state index in [-0.39, 0.29) is 12.5 Å². The zero-order valence-electron chi connectivity index (χ0n) is 11.4. The lowest BCUT2D eigenvalue weighted by Crippen LogP contribution is -2.26. The summed E-state index contributed by atoms with van der Waals surface area (Å²) in [5.74, 6) is 6.09. The molecule has 102 valence electrons. The van der Waals surface area contributed by atoms with Gasteiger partial charge in [-0.05, 0) is 18.4 Å². The second-order valence-electron chi connectivity index (χ2n) is 4.64. The molecule has 1 aromatic heterocycles. The molecular weight excluding hydrogens is 240 g/mol. The van der Waals surface area contributed by atoms with E-state index in [0.717, 1.165) is 6.42 Å². The van der Waals surface area contributed by atoms with Crippen LogP contribution in [-0.4, -0.2) is 29.1 Å². The summed E-state index contributed by atoms with van der Waals surface area (Å²) >= 11 is 0. The molecule has 4 nitrogen and oxygen atoms in total. The zero-order chi connectivity index (χ0) is 14.1. The molecule has 1 heterocycles. The number of aliphatic hydroxyl groups excluding tert-OH is 1. The summed E-state index contributed by atoms with van der Waals surface area (Å²) in [5, 5.41) is 11.6. The minimum absolute atomic E-state index is 0.0170. The first kappa shape index (κ1) is 15.2. The fourth-order valence-corrected chi connectivity index (χ4v) is 1.48. The standard InChI is InChI=1S/C15H20N2O2/c1-12(2)6-9-17-15(19)14-7-8-16-11-13(14)5-3-4-10-18/h7-8,11-12,18H,4,6,9-10H2,1-2H3,(H,17,19). The van der Waals surface area contributed by atoms with Gasteiger partial charge in [0.1, 0.15) is 0 Å². The molecule has 0 aromatic carbocycles. The number of aliphatic hydroxyl groups is 1. The molecule has 0 aliphatic rings. The quantitative estimate of drug-likeness (QED) is 0.790. The number of hydrogen-bond acceptors (Lipinski definition) is 3. The highest BCUT2D eigenvalue weighted by Crippen LogP contribution is 2.06. The number of hydrogen-bond donors (Lipinski definition) is 2. The number of rotatable bonds is 5. The number of nitrogens with one attached hydrogen (secondary N) is 1. The van der Waals surface area contributed by atoms with Gasteiger partial charge < -0.3 is 10.4 Å². The maximum atomic E-state index is 12.0. The summed E-state index contributed by atoms with van der Waals surface area (Å²) in [6, 6.07) is 1.66. The maximum absolute atomic E-state index is 12.0. The van der Waals surface area contributed by atoms with Gasteiger partial charge in [0.25, 0.3) is 5.91 Å². The molecule has 0 radical (unpaired) electrons. The smallest absolute Gasteiger partial charge is 0.252 e. The van der Waals surface area contributed by atoms with E-state index in [2.05, 4.69) is 36.0 Å². The van der Waals surface area contributed by atoms with Crippen LogP contribution >= 0.6 is 0 Å². The van der Waals surface area contributed by atoms with Crippen LogP contribution in [0.2, 0.25) is 0 Å². The summed E-state index contributed by atoms with van der Waals surface area (Å²) in [7, 11) is 0. The summed E-state index contributed by atoms with van der Waals surface area (Å²) in [4.78, 5) is 16.0. The molecular formula is C15H20N2O2. The number of amides is 1. The van der Waals surface area contributed by atoms with Gasteiger partial charge in [0, 0.05) is 25.4 Å². The van der Waals surface area contributed by atoms with Crippen LogP contribution in [-0.2, 0) is 0 Å². The third kappa shape index (κ3) is 5.54. The predicted molar refractivity (Wildman–Crippen MR) is 74.6 cm³/mol. The van der Waals surface area contributed by atoms with Gasteiger partial charge in [-0.15, -0.1) is 0 Å². The Morgan fingerprint density at radius 2 is 2.32 bits per heavy atom. The average Bonchev–Trinajstić information content (AvgIpc) is 2.39. The Hall–Kier alpha value is -1.86. The Morgan fingerprint density at radius 1 is 1.53 bits per heavy atom. The van der Waals surface area contributed by atoms with E-state index in [1.54, 1.807) is 18.5 Å². The number of nitrogens with zero attached hydrogens (tertiary/aromatic N) is 1. The van der Waals surface area contributed by atoms with Crippen LogP contribution in [0.25, 0.3) is 0 Å². The molecule has 1 aromatic rings.